The number of allylic oxidation sites excluding steroid dienone is 2. The highest BCUT2D eigenvalue weighted by molar-refractivity contribution is 5.61. The molecule has 0 bridgehead atoms. The van der Waals surface area contributed by atoms with Crippen LogP contribution in [0.4, 0.5) is 0 Å². The van der Waals surface area contributed by atoms with Crippen LogP contribution in [0.15, 0.2) is 35.9 Å². The van der Waals surface area contributed by atoms with Crippen molar-refractivity contribution in [1.82, 2.24) is 0 Å². The first-order valence-electron chi connectivity index (χ1n) is 7.67. The molecule has 0 fully saturated rings. The van der Waals surface area contributed by atoms with Crippen LogP contribution in [-0.2, 0) is 6.42 Å². The monoisotopic (exact) mass is 270 g/mol. The molecule has 1 aliphatic heterocycles. The summed E-state index contributed by atoms with van der Waals surface area (Å²) in [6.45, 7) is 8.68. The van der Waals surface area contributed by atoms with E-state index in [-0.39, 0.29) is 5.60 Å². The Balaban J connectivity index is 2.12. The maximum Gasteiger partial charge on any atom is 0.128 e. The number of fused-ring (bicyclic) bond motifs is 1. The summed E-state index contributed by atoms with van der Waals surface area (Å²) in [5, 5.41) is 0. The van der Waals surface area contributed by atoms with Crippen molar-refractivity contribution in [1.29, 1.82) is 0 Å². The average Bonchev–Trinajstić information content (AvgIpc) is 2.38. The Hall–Kier alpha value is -1.50. The van der Waals surface area contributed by atoms with E-state index in [1.165, 1.54) is 23.1 Å². The van der Waals surface area contributed by atoms with Crippen molar-refractivity contribution >= 4 is 6.08 Å². The Morgan fingerprint density at radius 3 is 2.80 bits per heavy atom. The predicted molar refractivity (Wildman–Crippen MR) is 87.2 cm³/mol. The van der Waals surface area contributed by atoms with Crippen molar-refractivity contribution in [2.45, 2.75) is 59.0 Å². The van der Waals surface area contributed by atoms with E-state index in [2.05, 4.69) is 64.1 Å². The van der Waals surface area contributed by atoms with E-state index < -0.39 is 0 Å². The zero-order valence-electron chi connectivity index (χ0n) is 13.2. The first-order chi connectivity index (χ1) is 9.52. The van der Waals surface area contributed by atoms with Gasteiger partial charge in [0, 0.05) is 5.56 Å². The summed E-state index contributed by atoms with van der Waals surface area (Å²) in [5.41, 5.74) is 3.76. The number of aryl methyl sites for hydroxylation is 1. The molecule has 1 unspecified atom stereocenters. The molecule has 2 rings (SSSR count). The van der Waals surface area contributed by atoms with Crippen LogP contribution in [0, 0.1) is 0 Å². The summed E-state index contributed by atoms with van der Waals surface area (Å²) in [6, 6.07) is 6.59. The molecule has 0 saturated carbocycles. The van der Waals surface area contributed by atoms with Crippen LogP contribution < -0.4 is 4.74 Å². The zero-order chi connectivity index (χ0) is 14.6. The standard InChI is InChI=1S/C19H26O/c1-5-7-16-9-10-17-11-13-19(4,20-18(17)14-16)12-6-8-15(2)3/h8-11,13-14H,5-7,12H2,1-4H3. The van der Waals surface area contributed by atoms with Gasteiger partial charge >= 0.3 is 0 Å². The van der Waals surface area contributed by atoms with Gasteiger partial charge < -0.3 is 4.74 Å². The molecule has 0 aromatic heterocycles. The second kappa shape index (κ2) is 6.30. The quantitative estimate of drug-likeness (QED) is 0.637. The summed E-state index contributed by atoms with van der Waals surface area (Å²) in [5.74, 6) is 1.04. The van der Waals surface area contributed by atoms with Crippen molar-refractivity contribution in [2.75, 3.05) is 0 Å². The van der Waals surface area contributed by atoms with Gasteiger partial charge in [0.1, 0.15) is 11.4 Å². The SMILES string of the molecule is CCCc1ccc2c(c1)OC(C)(CCC=C(C)C)C=C2. The molecule has 1 aliphatic rings. The van der Waals surface area contributed by atoms with Gasteiger partial charge in [-0.3, -0.25) is 0 Å². The van der Waals surface area contributed by atoms with Crippen molar-refractivity contribution in [3.05, 3.63) is 47.1 Å². The second-order valence-electron chi connectivity index (χ2n) is 6.19. The van der Waals surface area contributed by atoms with Crippen LogP contribution in [0.1, 0.15) is 58.1 Å². The molecule has 1 aromatic rings. The van der Waals surface area contributed by atoms with Gasteiger partial charge in [0.25, 0.3) is 0 Å². The first-order valence-corrected chi connectivity index (χ1v) is 7.67. The van der Waals surface area contributed by atoms with Gasteiger partial charge in [-0.25, -0.2) is 0 Å². The lowest BCUT2D eigenvalue weighted by Gasteiger charge is -2.31. The largest absolute Gasteiger partial charge is 0.483 e. The van der Waals surface area contributed by atoms with Crippen LogP contribution >= 0.6 is 0 Å². The molecular formula is C19H26O. The molecule has 0 spiro atoms. The lowest BCUT2D eigenvalue weighted by molar-refractivity contribution is 0.128. The molecule has 20 heavy (non-hydrogen) atoms. The van der Waals surface area contributed by atoms with Crippen LogP contribution in [-0.4, -0.2) is 5.60 Å². The molecule has 0 radical (unpaired) electrons. The molecule has 1 heteroatoms. The van der Waals surface area contributed by atoms with E-state index in [9.17, 15) is 0 Å². The topological polar surface area (TPSA) is 9.23 Å². The third-order valence-electron chi connectivity index (χ3n) is 3.77. The van der Waals surface area contributed by atoms with Crippen molar-refractivity contribution in [2.24, 2.45) is 0 Å². The Kier molecular flexibility index (Phi) is 4.69. The summed E-state index contributed by atoms with van der Waals surface area (Å²) < 4.78 is 6.27. The highest BCUT2D eigenvalue weighted by Gasteiger charge is 2.26. The first kappa shape index (κ1) is 14.9. The van der Waals surface area contributed by atoms with Gasteiger partial charge in [0.05, 0.1) is 0 Å². The highest BCUT2D eigenvalue weighted by Crippen LogP contribution is 2.34. The fourth-order valence-electron chi connectivity index (χ4n) is 2.58. The molecule has 0 amide bonds. The van der Waals surface area contributed by atoms with Crippen LogP contribution in [0.5, 0.6) is 5.75 Å². The Morgan fingerprint density at radius 2 is 2.10 bits per heavy atom. The van der Waals surface area contributed by atoms with Crippen molar-refractivity contribution < 1.29 is 4.74 Å². The maximum atomic E-state index is 6.27. The molecule has 1 aromatic carbocycles. The summed E-state index contributed by atoms with van der Waals surface area (Å²) in [7, 11) is 0. The number of ether oxygens (including phenoxy) is 1. The van der Waals surface area contributed by atoms with Crippen LogP contribution in [0.2, 0.25) is 0 Å². The van der Waals surface area contributed by atoms with Gasteiger partial charge in [-0.05, 0) is 57.7 Å². The van der Waals surface area contributed by atoms with Crippen molar-refractivity contribution in [3.63, 3.8) is 0 Å². The number of rotatable bonds is 5. The minimum Gasteiger partial charge on any atom is -0.483 e. The number of hydrogen-bond donors (Lipinski definition) is 0. The normalized spacial score (nSPS) is 20.2. The molecular weight excluding hydrogens is 244 g/mol. The van der Waals surface area contributed by atoms with E-state index in [1.807, 2.05) is 0 Å². The fraction of sp³-hybridized carbons (Fsp3) is 0.474. The third kappa shape index (κ3) is 3.75. The Morgan fingerprint density at radius 1 is 1.30 bits per heavy atom. The lowest BCUT2D eigenvalue weighted by Crippen LogP contribution is -2.31. The van der Waals surface area contributed by atoms with E-state index >= 15 is 0 Å². The summed E-state index contributed by atoms with van der Waals surface area (Å²) in [6.07, 6.45) is 11.1. The molecule has 0 aliphatic carbocycles. The molecule has 1 atom stereocenters. The molecule has 1 nitrogen and oxygen atoms in total. The van der Waals surface area contributed by atoms with Gasteiger partial charge in [-0.2, -0.15) is 0 Å². The fourth-order valence-corrected chi connectivity index (χ4v) is 2.58. The number of hydrogen-bond acceptors (Lipinski definition) is 1. The zero-order valence-corrected chi connectivity index (χ0v) is 13.2. The molecule has 0 N–H and O–H groups in total. The second-order valence-corrected chi connectivity index (χ2v) is 6.19. The third-order valence-corrected chi connectivity index (χ3v) is 3.77. The highest BCUT2D eigenvalue weighted by atomic mass is 16.5. The van der Waals surface area contributed by atoms with Crippen molar-refractivity contribution in [3.8, 4) is 5.75 Å². The van der Waals surface area contributed by atoms with E-state index in [0.717, 1.165) is 25.0 Å². The lowest BCUT2D eigenvalue weighted by atomic mass is 9.94. The average molecular weight is 270 g/mol. The minimum atomic E-state index is -0.177. The van der Waals surface area contributed by atoms with Gasteiger partial charge in [-0.1, -0.05) is 43.2 Å². The molecule has 0 saturated heterocycles. The van der Waals surface area contributed by atoms with Gasteiger partial charge in [0.15, 0.2) is 0 Å². The molecule has 108 valence electrons. The molecule has 1 heterocycles. The number of benzene rings is 1. The predicted octanol–water partition coefficient (Wildman–Crippen LogP) is 5.55. The van der Waals surface area contributed by atoms with Gasteiger partial charge in [0.2, 0.25) is 0 Å². The Bertz CT molecular complexity index is 521. The summed E-state index contributed by atoms with van der Waals surface area (Å²) in [4.78, 5) is 0. The Labute approximate surface area is 123 Å². The minimum absolute atomic E-state index is 0.177. The van der Waals surface area contributed by atoms with E-state index in [4.69, 9.17) is 4.74 Å². The summed E-state index contributed by atoms with van der Waals surface area (Å²) >= 11 is 0. The van der Waals surface area contributed by atoms with E-state index in [0.29, 0.717) is 0 Å². The van der Waals surface area contributed by atoms with E-state index in [1.54, 1.807) is 0 Å². The maximum absolute atomic E-state index is 6.27. The van der Waals surface area contributed by atoms with Crippen LogP contribution in [0.3, 0.4) is 0 Å². The smallest absolute Gasteiger partial charge is 0.128 e. The van der Waals surface area contributed by atoms with Gasteiger partial charge in [-0.15, -0.1) is 0 Å². The van der Waals surface area contributed by atoms with Crippen LogP contribution in [0.25, 0.3) is 6.08 Å².